The molecule has 1 atom stereocenters. The Labute approximate surface area is 116 Å². The van der Waals surface area contributed by atoms with E-state index in [2.05, 4.69) is 0 Å². The number of nitrogens with zero attached hydrogens (tertiary/aromatic N) is 1. The monoisotopic (exact) mass is 289 g/mol. The molecule has 3 nitrogen and oxygen atoms in total. The summed E-state index contributed by atoms with van der Waals surface area (Å²) in [6.45, 7) is 3.92. The average Bonchev–Trinajstić information content (AvgIpc) is 2.36. The van der Waals surface area contributed by atoms with Gasteiger partial charge in [0.2, 0.25) is 0 Å². The molecule has 6 heteroatoms. The molecule has 0 saturated heterocycles. The molecule has 1 rings (SSSR count). The lowest BCUT2D eigenvalue weighted by molar-refractivity contribution is -0.138. The summed E-state index contributed by atoms with van der Waals surface area (Å²) in [5.74, 6) is -1.58. The summed E-state index contributed by atoms with van der Waals surface area (Å²) in [5.41, 5.74) is -1.47. The fraction of sp³-hybridized carbons (Fsp3) is 0.500. The largest absolute Gasteiger partial charge is 0.478 e. The molecule has 0 aromatic heterocycles. The van der Waals surface area contributed by atoms with E-state index in [9.17, 15) is 18.0 Å². The van der Waals surface area contributed by atoms with Crippen molar-refractivity contribution in [2.24, 2.45) is 0 Å². The van der Waals surface area contributed by atoms with E-state index in [0.29, 0.717) is 5.69 Å². The predicted octanol–water partition coefficient (Wildman–Crippen LogP) is 4.03. The first-order valence-electron chi connectivity index (χ1n) is 6.35. The first-order valence-corrected chi connectivity index (χ1v) is 6.35. The second-order valence-electron chi connectivity index (χ2n) is 4.78. The van der Waals surface area contributed by atoms with Crippen molar-refractivity contribution in [1.29, 1.82) is 0 Å². The van der Waals surface area contributed by atoms with Crippen LogP contribution in [0.4, 0.5) is 18.9 Å². The third-order valence-electron chi connectivity index (χ3n) is 3.31. The number of carboxylic acids is 1. The van der Waals surface area contributed by atoms with Gasteiger partial charge in [0.1, 0.15) is 0 Å². The highest BCUT2D eigenvalue weighted by Crippen LogP contribution is 2.35. The van der Waals surface area contributed by atoms with Gasteiger partial charge in [-0.15, -0.1) is 0 Å². The van der Waals surface area contributed by atoms with Crippen LogP contribution in [0.2, 0.25) is 0 Å². The molecule has 0 bridgehead atoms. The lowest BCUT2D eigenvalue weighted by atomic mass is 10.0. The Balaban J connectivity index is 3.23. The van der Waals surface area contributed by atoms with Gasteiger partial charge in [-0.25, -0.2) is 4.79 Å². The van der Waals surface area contributed by atoms with Crippen molar-refractivity contribution in [3.63, 3.8) is 0 Å². The van der Waals surface area contributed by atoms with Crippen LogP contribution in [0.25, 0.3) is 0 Å². The second-order valence-corrected chi connectivity index (χ2v) is 4.78. The number of carbonyl (C=O) groups is 1. The fourth-order valence-electron chi connectivity index (χ4n) is 2.04. The Hall–Kier alpha value is -1.72. The number of hydrogen-bond acceptors (Lipinski definition) is 2. The Bertz CT molecular complexity index is 486. The molecule has 1 unspecified atom stereocenters. The van der Waals surface area contributed by atoms with Crippen molar-refractivity contribution in [3.05, 3.63) is 29.3 Å². The maximum atomic E-state index is 12.9. The molecule has 1 N–H and O–H groups in total. The summed E-state index contributed by atoms with van der Waals surface area (Å²) in [7, 11) is 1.70. The van der Waals surface area contributed by atoms with Gasteiger partial charge in [0.25, 0.3) is 0 Å². The highest BCUT2D eigenvalue weighted by molar-refractivity contribution is 5.90. The van der Waals surface area contributed by atoms with E-state index in [1.165, 1.54) is 6.07 Å². The highest BCUT2D eigenvalue weighted by Gasteiger charge is 2.36. The van der Waals surface area contributed by atoms with Crippen molar-refractivity contribution in [1.82, 2.24) is 0 Å². The van der Waals surface area contributed by atoms with Crippen LogP contribution in [0.3, 0.4) is 0 Å². The highest BCUT2D eigenvalue weighted by atomic mass is 19.4. The maximum Gasteiger partial charge on any atom is 0.417 e. The molecule has 0 amide bonds. The molecule has 0 saturated carbocycles. The molecule has 0 spiro atoms. The molecule has 0 radical (unpaired) electrons. The Morgan fingerprint density at radius 2 is 2.00 bits per heavy atom. The van der Waals surface area contributed by atoms with E-state index in [-0.39, 0.29) is 6.04 Å². The van der Waals surface area contributed by atoms with E-state index >= 15 is 0 Å². The number of carboxylic acid groups (broad SMARTS) is 1. The van der Waals surface area contributed by atoms with E-state index in [0.717, 1.165) is 25.0 Å². The van der Waals surface area contributed by atoms with Crippen molar-refractivity contribution >= 4 is 11.7 Å². The van der Waals surface area contributed by atoms with Gasteiger partial charge in [0.15, 0.2) is 0 Å². The number of alkyl halides is 3. The van der Waals surface area contributed by atoms with Crippen molar-refractivity contribution in [2.45, 2.75) is 38.9 Å². The number of aromatic carboxylic acids is 1. The first-order chi connectivity index (χ1) is 9.18. The van der Waals surface area contributed by atoms with Crippen molar-refractivity contribution in [3.8, 4) is 0 Å². The molecule has 0 aliphatic heterocycles. The topological polar surface area (TPSA) is 40.5 Å². The summed E-state index contributed by atoms with van der Waals surface area (Å²) in [5, 5.41) is 8.84. The molecule has 1 aromatic rings. The molecule has 0 heterocycles. The van der Waals surface area contributed by atoms with Gasteiger partial charge in [-0.3, -0.25) is 0 Å². The van der Waals surface area contributed by atoms with Gasteiger partial charge in [-0.05, 0) is 31.5 Å². The number of anilines is 1. The first kappa shape index (κ1) is 16.3. The lowest BCUT2D eigenvalue weighted by Gasteiger charge is -2.27. The zero-order chi connectivity index (χ0) is 15.5. The molecule has 0 aliphatic rings. The fourth-order valence-corrected chi connectivity index (χ4v) is 2.04. The van der Waals surface area contributed by atoms with Crippen LogP contribution in [-0.2, 0) is 6.18 Å². The van der Waals surface area contributed by atoms with Crippen LogP contribution in [0.5, 0.6) is 0 Å². The zero-order valence-electron chi connectivity index (χ0n) is 11.7. The molecular weight excluding hydrogens is 271 g/mol. The minimum Gasteiger partial charge on any atom is -0.478 e. The van der Waals surface area contributed by atoms with Gasteiger partial charge in [-0.1, -0.05) is 13.3 Å². The zero-order valence-corrected chi connectivity index (χ0v) is 11.7. The quantitative estimate of drug-likeness (QED) is 0.889. The van der Waals surface area contributed by atoms with E-state index in [4.69, 9.17) is 5.11 Å². The Kier molecular flexibility index (Phi) is 5.03. The summed E-state index contributed by atoms with van der Waals surface area (Å²) in [6.07, 6.45) is -2.91. The van der Waals surface area contributed by atoms with Crippen LogP contribution in [0.15, 0.2) is 18.2 Å². The predicted molar refractivity (Wildman–Crippen MR) is 71.2 cm³/mol. The van der Waals surface area contributed by atoms with Gasteiger partial charge in [0, 0.05) is 18.8 Å². The molecule has 112 valence electrons. The Morgan fingerprint density at radius 3 is 2.45 bits per heavy atom. The summed E-state index contributed by atoms with van der Waals surface area (Å²) in [4.78, 5) is 12.6. The average molecular weight is 289 g/mol. The van der Waals surface area contributed by atoms with Gasteiger partial charge in [0.05, 0.1) is 11.1 Å². The number of rotatable bonds is 5. The summed E-state index contributed by atoms with van der Waals surface area (Å²) >= 11 is 0. The minimum atomic E-state index is -4.68. The number of halogens is 3. The molecule has 20 heavy (non-hydrogen) atoms. The van der Waals surface area contributed by atoms with Crippen molar-refractivity contribution in [2.75, 3.05) is 11.9 Å². The van der Waals surface area contributed by atoms with Crippen molar-refractivity contribution < 1.29 is 23.1 Å². The van der Waals surface area contributed by atoms with E-state index in [1.807, 2.05) is 13.8 Å². The standard InChI is InChI=1S/C14H18F3NO2/c1-4-5-9(2)18(3)10-6-7-11(13(19)20)12(8-10)14(15,16)17/h6-9H,4-5H2,1-3H3,(H,19,20). The van der Waals surface area contributed by atoms with E-state index in [1.54, 1.807) is 11.9 Å². The van der Waals surface area contributed by atoms with Crippen LogP contribution < -0.4 is 4.90 Å². The summed E-state index contributed by atoms with van der Waals surface area (Å²) in [6, 6.07) is 3.40. The normalized spacial score (nSPS) is 13.1. The van der Waals surface area contributed by atoms with Crippen LogP contribution >= 0.6 is 0 Å². The second kappa shape index (κ2) is 6.15. The lowest BCUT2D eigenvalue weighted by Crippen LogP contribution is -2.29. The van der Waals surface area contributed by atoms with Gasteiger partial charge < -0.3 is 10.0 Å². The third kappa shape index (κ3) is 3.65. The summed E-state index contributed by atoms with van der Waals surface area (Å²) < 4.78 is 38.8. The SMILES string of the molecule is CCCC(C)N(C)c1ccc(C(=O)O)c(C(F)(F)F)c1. The Morgan fingerprint density at radius 1 is 1.40 bits per heavy atom. The van der Waals surface area contributed by atoms with Crippen LogP contribution in [0, 0.1) is 0 Å². The maximum absolute atomic E-state index is 12.9. The van der Waals surface area contributed by atoms with Gasteiger partial charge in [-0.2, -0.15) is 13.2 Å². The third-order valence-corrected chi connectivity index (χ3v) is 3.31. The molecule has 1 aromatic carbocycles. The molecule has 0 fully saturated rings. The minimum absolute atomic E-state index is 0.0803. The number of hydrogen-bond donors (Lipinski definition) is 1. The smallest absolute Gasteiger partial charge is 0.417 e. The number of benzene rings is 1. The van der Waals surface area contributed by atoms with Crippen LogP contribution in [0.1, 0.15) is 42.6 Å². The molecular formula is C14H18F3NO2. The molecule has 0 aliphatic carbocycles. The van der Waals surface area contributed by atoms with Crippen LogP contribution in [-0.4, -0.2) is 24.2 Å². The van der Waals surface area contributed by atoms with Gasteiger partial charge >= 0.3 is 12.1 Å². The van der Waals surface area contributed by atoms with E-state index < -0.39 is 23.3 Å².